The molecular weight excluding hydrogens is 800 g/mol. The van der Waals surface area contributed by atoms with Crippen LogP contribution in [0.15, 0.2) is 58.8 Å². The van der Waals surface area contributed by atoms with Gasteiger partial charge in [0.1, 0.15) is 36.4 Å². The van der Waals surface area contributed by atoms with Gasteiger partial charge >= 0.3 is 27.0 Å². The number of H-pyrrole nitrogens is 2. The van der Waals surface area contributed by atoms with Crippen LogP contribution >= 0.6 is 15.6 Å². The van der Waals surface area contributed by atoms with E-state index in [1.54, 1.807) is 43.3 Å². The Morgan fingerprint density at radius 2 is 1.81 bits per heavy atom. The number of carbonyl (C=O) groups excluding carboxylic acids is 1. The Balaban J connectivity index is 1.21. The Morgan fingerprint density at radius 1 is 1.09 bits per heavy atom. The third-order valence-electron chi connectivity index (χ3n) is 8.96. The van der Waals surface area contributed by atoms with Gasteiger partial charge in [-0.1, -0.05) is 17.1 Å². The molecule has 2 aliphatic rings. The molecule has 9 N–H and O–H groups in total. The number of phosphoric ester groups is 2. The molecule has 0 bridgehead atoms. The topological polar surface area (TPSA) is 329 Å². The second kappa shape index (κ2) is 17.2. The number of aliphatic hydroxyl groups is 1. The fourth-order valence-electron chi connectivity index (χ4n) is 6.23. The monoisotopic (exact) mass is 841 g/mol. The Labute approximate surface area is 322 Å². The van der Waals surface area contributed by atoms with Gasteiger partial charge in [0.15, 0.2) is 18.5 Å². The molecule has 3 aromatic heterocycles. The third-order valence-corrected chi connectivity index (χ3v) is 10.4. The Morgan fingerprint density at radius 3 is 2.47 bits per heavy atom. The van der Waals surface area contributed by atoms with Crippen LogP contribution in [-0.2, 0) is 43.4 Å². The Kier molecular flexibility index (Phi) is 12.7. The number of anilines is 1. The van der Waals surface area contributed by atoms with Crippen LogP contribution in [0.3, 0.4) is 0 Å². The van der Waals surface area contributed by atoms with Crippen molar-refractivity contribution < 1.29 is 66.1 Å². The number of ether oxygens (including phenoxy) is 3. The molecule has 1 radical (unpaired) electrons. The molecule has 1 amide bonds. The van der Waals surface area contributed by atoms with Gasteiger partial charge in [-0.2, -0.15) is 4.98 Å². The van der Waals surface area contributed by atoms with E-state index in [1.807, 2.05) is 4.98 Å². The highest BCUT2D eigenvalue weighted by molar-refractivity contribution is 7.47. The van der Waals surface area contributed by atoms with Crippen LogP contribution < -0.4 is 36.5 Å². The van der Waals surface area contributed by atoms with Gasteiger partial charge in [-0.05, 0) is 24.1 Å². The average molecular weight is 842 g/mol. The number of nitrogens with one attached hydrogen (secondary N) is 3. The lowest BCUT2D eigenvalue weighted by Crippen LogP contribution is -2.55. The minimum absolute atomic E-state index is 0.101. The summed E-state index contributed by atoms with van der Waals surface area (Å²) in [7, 11) is -5.20. The lowest BCUT2D eigenvalue weighted by molar-refractivity contribution is -0.745. The summed E-state index contributed by atoms with van der Waals surface area (Å²) in [5, 5.41) is 14.3. The fraction of sp³-hybridized carbons (Fsp3) is 0.452. The van der Waals surface area contributed by atoms with E-state index < -0.39 is 95.0 Å². The van der Waals surface area contributed by atoms with Crippen LogP contribution in [-0.4, -0.2) is 121 Å². The zero-order chi connectivity index (χ0) is 41.2. The van der Waals surface area contributed by atoms with Gasteiger partial charge in [-0.15, -0.1) is 0 Å². The Hall–Kier alpha value is -4.42. The van der Waals surface area contributed by atoms with Crippen LogP contribution in [0.25, 0.3) is 11.2 Å². The van der Waals surface area contributed by atoms with E-state index in [4.69, 9.17) is 29.0 Å². The molecule has 26 heteroatoms. The minimum atomic E-state index is -5.18. The van der Waals surface area contributed by atoms with E-state index in [0.717, 1.165) is 23.3 Å². The number of amides is 1. The highest BCUT2D eigenvalue weighted by Gasteiger charge is 2.50. The standard InChI is InChI=1S/C31H40N9O15P2/c1-38(2)27-25-28(34-14-33-27)40(15-35-25)30-26(42)24(37-29(43)18(32)10-16-4-6-17(50-3)7-5-16)21(54-30)13-52-57(48,49)55-19-11-23(39-9-8-22(41)36-31(39)44)53-20(19)12-51-56(45,46)47/h4-9,11,14-15,18-21,23-24,26,30,42H,10,12-13,32H2,1-3H3,(H5,36,37,41,43,44,45,46,47,48,49)/p+1. The number of hydrogen-bond donors (Lipinski definition) is 8. The molecule has 2 fully saturated rings. The fourth-order valence-corrected chi connectivity index (χ4v) is 7.48. The van der Waals surface area contributed by atoms with E-state index in [1.165, 1.54) is 24.3 Å². The molecule has 57 heavy (non-hydrogen) atoms. The highest BCUT2D eigenvalue weighted by Crippen LogP contribution is 2.49. The highest BCUT2D eigenvalue weighted by atomic mass is 31.2. The van der Waals surface area contributed by atoms with E-state index in [-0.39, 0.29) is 6.42 Å². The predicted octanol–water partition coefficient (Wildman–Crippen LogP) is -2.10. The van der Waals surface area contributed by atoms with Crippen molar-refractivity contribution in [1.82, 2.24) is 29.8 Å². The van der Waals surface area contributed by atoms with E-state index in [0.29, 0.717) is 28.3 Å². The van der Waals surface area contributed by atoms with Crippen molar-refractivity contribution in [3.05, 3.63) is 82.0 Å². The van der Waals surface area contributed by atoms with Crippen molar-refractivity contribution in [3.63, 3.8) is 0 Å². The largest absolute Gasteiger partial charge is 0.497 e. The maximum absolute atomic E-state index is 13.5. The van der Waals surface area contributed by atoms with Gasteiger partial charge in [-0.3, -0.25) is 37.7 Å². The van der Waals surface area contributed by atoms with Crippen LogP contribution in [0, 0.1) is 6.42 Å². The lowest BCUT2D eigenvalue weighted by atomic mass is 10.0. The maximum Gasteiger partial charge on any atom is 0.472 e. The molecule has 309 valence electrons. The summed E-state index contributed by atoms with van der Waals surface area (Å²) in [6, 6.07) is 5.48. The smallest absolute Gasteiger partial charge is 0.472 e. The summed E-state index contributed by atoms with van der Waals surface area (Å²) in [5.41, 5.74) is 6.13. The number of aromatic nitrogens is 6. The van der Waals surface area contributed by atoms with Crippen molar-refractivity contribution >= 4 is 38.5 Å². The molecule has 2 aliphatic heterocycles. The molecule has 0 spiro atoms. The van der Waals surface area contributed by atoms with Crippen molar-refractivity contribution in [3.8, 4) is 5.75 Å². The summed E-state index contributed by atoms with van der Waals surface area (Å²) in [5.74, 6) is 0.429. The van der Waals surface area contributed by atoms with Gasteiger partial charge in [0.05, 0.1) is 32.4 Å². The zero-order valence-corrected chi connectivity index (χ0v) is 32.2. The van der Waals surface area contributed by atoms with Crippen molar-refractivity contribution in [2.24, 2.45) is 5.73 Å². The number of nitrogens with two attached hydrogens (primary N) is 1. The molecule has 6 rings (SSSR count). The number of aliphatic hydroxyl groups excluding tert-OH is 1. The Bertz CT molecular complexity index is 2270. The number of rotatable bonds is 16. The number of fused-ring (bicyclic) bond motifs is 1. The number of imidazole rings is 1. The van der Waals surface area contributed by atoms with Crippen LogP contribution in [0.4, 0.5) is 5.82 Å². The molecule has 2 saturated heterocycles. The number of phosphoric acid groups is 2. The third kappa shape index (κ3) is 10.0. The first kappa shape index (κ1) is 42.2. The number of benzene rings is 1. The van der Waals surface area contributed by atoms with Crippen molar-refractivity contribution in [1.29, 1.82) is 0 Å². The number of hydrogen-bond acceptors (Lipinski definition) is 16. The van der Waals surface area contributed by atoms with Gasteiger partial charge < -0.3 is 49.9 Å². The molecule has 5 heterocycles. The SMILES string of the molecule is COc1ccc(CC(N)C(=O)NC2C(COP(=O)(O)OC3[CH]C(n4ccc(=O)[nH]c4=O)OC3COP(=O)(O)O)OC([n+]3c[nH]c4c(N(C)C)ncnc43)C2O)cc1. The summed E-state index contributed by atoms with van der Waals surface area (Å²) >= 11 is 0. The zero-order valence-electron chi connectivity index (χ0n) is 30.4. The molecule has 0 aliphatic carbocycles. The summed E-state index contributed by atoms with van der Waals surface area (Å²) in [6.45, 7) is -1.65. The number of carbonyl (C=O) groups is 1. The molecule has 1 aromatic carbocycles. The van der Waals surface area contributed by atoms with E-state index in [2.05, 4.69) is 24.8 Å². The number of methoxy groups -OCH3 is 1. The van der Waals surface area contributed by atoms with Crippen LogP contribution in [0.1, 0.15) is 18.0 Å². The van der Waals surface area contributed by atoms with Crippen LogP contribution in [0.5, 0.6) is 5.75 Å². The number of aromatic amines is 2. The second-order valence-corrected chi connectivity index (χ2v) is 15.8. The molecule has 0 saturated carbocycles. The van der Waals surface area contributed by atoms with E-state index in [9.17, 15) is 43.3 Å². The number of nitrogens with zero attached hydrogens (tertiary/aromatic N) is 5. The first-order valence-electron chi connectivity index (χ1n) is 17.0. The van der Waals surface area contributed by atoms with Crippen molar-refractivity contribution in [2.75, 3.05) is 39.3 Å². The van der Waals surface area contributed by atoms with Gasteiger partial charge in [0.2, 0.25) is 17.7 Å². The predicted molar refractivity (Wildman–Crippen MR) is 193 cm³/mol. The quantitative estimate of drug-likeness (QED) is 0.0442. The first-order valence-corrected chi connectivity index (χ1v) is 20.1. The maximum atomic E-state index is 13.5. The van der Waals surface area contributed by atoms with Crippen molar-refractivity contribution in [2.45, 2.75) is 55.4 Å². The summed E-state index contributed by atoms with van der Waals surface area (Å²) < 4.78 is 59.3. The summed E-state index contributed by atoms with van der Waals surface area (Å²) in [4.78, 5) is 82.2. The van der Waals surface area contributed by atoms with Crippen LogP contribution in [0.2, 0.25) is 0 Å². The van der Waals surface area contributed by atoms with Gasteiger partial charge in [-0.25, -0.2) is 18.5 Å². The second-order valence-electron chi connectivity index (χ2n) is 13.1. The van der Waals surface area contributed by atoms with Gasteiger partial charge in [0, 0.05) is 32.8 Å². The lowest BCUT2D eigenvalue weighted by Gasteiger charge is -2.25. The average Bonchev–Trinajstić information content (AvgIpc) is 3.84. The normalized spacial score (nSPS) is 25.3. The van der Waals surface area contributed by atoms with E-state index >= 15 is 0 Å². The first-order chi connectivity index (χ1) is 26.9. The molecule has 9 unspecified atom stereocenters. The molecular formula is C31H41N9O15P2+. The molecule has 4 aromatic rings. The summed E-state index contributed by atoms with van der Waals surface area (Å²) in [6.07, 6.45) is -3.46. The molecule has 9 atom stereocenters. The molecule has 24 nitrogen and oxygen atoms in total. The minimum Gasteiger partial charge on any atom is -0.497 e. The van der Waals surface area contributed by atoms with Gasteiger partial charge in [0.25, 0.3) is 5.56 Å².